The summed E-state index contributed by atoms with van der Waals surface area (Å²) in [6, 6.07) is 3.56. The molecule has 2 aliphatic heterocycles. The number of hydrogen-bond donors (Lipinski definition) is 1. The van der Waals surface area contributed by atoms with Crippen LogP contribution in [-0.2, 0) is 20.2 Å². The van der Waals surface area contributed by atoms with Gasteiger partial charge in [0.2, 0.25) is 0 Å². The van der Waals surface area contributed by atoms with Crippen molar-refractivity contribution >= 4 is 17.9 Å². The molecule has 0 radical (unpaired) electrons. The first-order valence-electron chi connectivity index (χ1n) is 8.84. The molecular formula is C18H9F12NaO3P+. The Morgan fingerprint density at radius 1 is 0.543 bits per heavy atom. The van der Waals surface area contributed by atoms with Crippen molar-refractivity contribution in [3.05, 3.63) is 59.7 Å². The second-order valence-electron chi connectivity index (χ2n) is 7.49. The standard InChI is InChI=1S/C18H9F12O3P.Na/c19-15(20,21)13(16(22,23)24)9-5-1-3-7-11(9)34(31,32-13)12-8-4-2-6-10(12)14(33-34,17(25,26)27)18(28,29)30;/h1-8,31H;/q;+1. The number of hydrogen-bond acceptors (Lipinski definition) is 3. The van der Waals surface area contributed by atoms with Gasteiger partial charge >= 0.3 is 210 Å². The minimum Gasteiger partial charge on any atom is 1.00 e. The monoisotopic (exact) mass is 555 g/mol. The van der Waals surface area contributed by atoms with Crippen LogP contribution in [0.5, 0.6) is 0 Å². The quantitative estimate of drug-likeness (QED) is 0.309. The summed E-state index contributed by atoms with van der Waals surface area (Å²) >= 11 is 0. The van der Waals surface area contributed by atoms with Crippen LogP contribution in [0.3, 0.4) is 0 Å². The fraction of sp³-hybridized carbons (Fsp3) is 0.333. The Balaban J connectivity index is 0.00000342. The largest absolute Gasteiger partial charge is 1.00 e. The smallest absolute Gasteiger partial charge is 1.00 e. The van der Waals surface area contributed by atoms with Crippen LogP contribution in [0.4, 0.5) is 52.7 Å². The van der Waals surface area contributed by atoms with Crippen molar-refractivity contribution in [1.82, 2.24) is 0 Å². The Hall–Kier alpha value is -1.09. The third-order valence-corrected chi connectivity index (χ3v) is 9.33. The fourth-order valence-electron chi connectivity index (χ4n) is 4.32. The van der Waals surface area contributed by atoms with Gasteiger partial charge in [-0.2, -0.15) is 0 Å². The first-order valence-corrected chi connectivity index (χ1v) is 10.9. The minimum absolute atomic E-state index is 0. The molecule has 2 aromatic carbocycles. The zero-order valence-electron chi connectivity index (χ0n) is 16.9. The third-order valence-electron chi connectivity index (χ3n) is 5.63. The van der Waals surface area contributed by atoms with Gasteiger partial charge in [0.15, 0.2) is 0 Å². The summed E-state index contributed by atoms with van der Waals surface area (Å²) in [6.45, 7) is 0. The van der Waals surface area contributed by atoms with E-state index in [0.29, 0.717) is 36.4 Å². The SMILES string of the molecule is OP12(OC(C(F)(F)F)(C(F)(F)F)c3ccccc31)OC(C(F)(F)F)(C(F)(F)F)c1ccccc12.[Na+]. The third kappa shape index (κ3) is 3.21. The number of rotatable bonds is 0. The van der Waals surface area contributed by atoms with Crippen molar-refractivity contribution in [1.29, 1.82) is 0 Å². The van der Waals surface area contributed by atoms with Gasteiger partial charge < -0.3 is 0 Å². The van der Waals surface area contributed by atoms with E-state index in [2.05, 4.69) is 9.05 Å². The Morgan fingerprint density at radius 3 is 1.06 bits per heavy atom. The molecule has 0 amide bonds. The average Bonchev–Trinajstić information content (AvgIpc) is 3.08. The predicted octanol–water partition coefficient (Wildman–Crippen LogP) is 2.63. The Labute approximate surface area is 209 Å². The van der Waals surface area contributed by atoms with Crippen molar-refractivity contribution in [3.63, 3.8) is 0 Å². The zero-order chi connectivity index (χ0) is 25.8. The van der Waals surface area contributed by atoms with Gasteiger partial charge in [0, 0.05) is 0 Å². The molecule has 0 saturated carbocycles. The van der Waals surface area contributed by atoms with Crippen LogP contribution in [0.25, 0.3) is 0 Å². The van der Waals surface area contributed by atoms with E-state index in [1.54, 1.807) is 0 Å². The molecule has 0 aliphatic carbocycles. The molecule has 1 spiro atoms. The number of fused-ring (bicyclic) bond motifs is 4. The molecule has 0 saturated heterocycles. The molecule has 35 heavy (non-hydrogen) atoms. The summed E-state index contributed by atoms with van der Waals surface area (Å²) < 4.78 is 176. The maximum absolute atomic E-state index is 14.0. The number of halogens is 12. The van der Waals surface area contributed by atoms with Crippen LogP contribution in [0.2, 0.25) is 0 Å². The van der Waals surface area contributed by atoms with E-state index < -0.39 is 64.9 Å². The van der Waals surface area contributed by atoms with Gasteiger partial charge in [0.1, 0.15) is 0 Å². The van der Waals surface area contributed by atoms with Crippen molar-refractivity contribution < 1.29 is 96.2 Å². The van der Waals surface area contributed by atoms with E-state index in [-0.39, 0.29) is 41.7 Å². The van der Waals surface area contributed by atoms with Crippen LogP contribution in [-0.4, -0.2) is 29.6 Å². The van der Waals surface area contributed by atoms with Gasteiger partial charge in [-0.05, 0) is 0 Å². The van der Waals surface area contributed by atoms with E-state index in [4.69, 9.17) is 0 Å². The first-order chi connectivity index (χ1) is 15.2. The molecule has 1 N–H and O–H groups in total. The molecule has 188 valence electrons. The van der Waals surface area contributed by atoms with Gasteiger partial charge in [-0.15, -0.1) is 0 Å². The second kappa shape index (κ2) is 7.49. The molecule has 0 fully saturated rings. The maximum Gasteiger partial charge on any atom is 1.00 e. The average molecular weight is 555 g/mol. The second-order valence-corrected chi connectivity index (χ2v) is 10.6. The summed E-state index contributed by atoms with van der Waals surface area (Å²) in [4.78, 5) is 11.4. The predicted molar refractivity (Wildman–Crippen MR) is 91.0 cm³/mol. The molecule has 3 nitrogen and oxygen atoms in total. The van der Waals surface area contributed by atoms with Crippen LogP contribution in [0, 0.1) is 0 Å². The first kappa shape index (κ1) is 28.5. The molecule has 2 aromatic rings. The summed E-state index contributed by atoms with van der Waals surface area (Å²) in [6.07, 6.45) is -26.0. The summed E-state index contributed by atoms with van der Waals surface area (Å²) in [5, 5.41) is -3.24. The fourth-order valence-corrected chi connectivity index (χ4v) is 8.65. The Bertz CT molecular complexity index is 1050. The van der Waals surface area contributed by atoms with Crippen molar-refractivity contribution in [2.75, 3.05) is 0 Å². The summed E-state index contributed by atoms with van der Waals surface area (Å²) in [5.74, 6) is 0. The van der Waals surface area contributed by atoms with E-state index in [1.165, 1.54) is 0 Å². The van der Waals surface area contributed by atoms with Gasteiger partial charge in [0.05, 0.1) is 0 Å². The molecule has 0 atom stereocenters. The molecule has 0 aromatic heterocycles. The topological polar surface area (TPSA) is 38.7 Å². The molecule has 2 aliphatic rings. The van der Waals surface area contributed by atoms with Crippen molar-refractivity contribution in [2.24, 2.45) is 0 Å². The van der Waals surface area contributed by atoms with Gasteiger partial charge in [0.25, 0.3) is 0 Å². The molecule has 0 bridgehead atoms. The van der Waals surface area contributed by atoms with Crippen molar-refractivity contribution in [3.8, 4) is 0 Å². The van der Waals surface area contributed by atoms with Gasteiger partial charge in [-0.1, -0.05) is 0 Å². The molecule has 0 unspecified atom stereocenters. The van der Waals surface area contributed by atoms with Gasteiger partial charge in [-0.25, -0.2) is 0 Å². The molecule has 2 heterocycles. The van der Waals surface area contributed by atoms with Crippen LogP contribution in [0.1, 0.15) is 11.1 Å². The Kier molecular flexibility index (Phi) is 6.09. The minimum atomic E-state index is -7.43. The van der Waals surface area contributed by atoms with Crippen molar-refractivity contribution in [2.45, 2.75) is 35.9 Å². The van der Waals surface area contributed by atoms with Crippen LogP contribution in [0.15, 0.2) is 48.5 Å². The summed E-state index contributed by atoms with van der Waals surface area (Å²) in [7, 11) is -7.43. The Morgan fingerprint density at radius 2 is 0.800 bits per heavy atom. The van der Waals surface area contributed by atoms with E-state index in [0.717, 1.165) is 0 Å². The number of alkyl halides is 12. The molecule has 4 rings (SSSR count). The van der Waals surface area contributed by atoms with E-state index in [9.17, 15) is 57.6 Å². The normalized spacial score (nSPS) is 23.1. The zero-order valence-corrected chi connectivity index (χ0v) is 19.8. The molecular weight excluding hydrogens is 546 g/mol. The summed E-state index contributed by atoms with van der Waals surface area (Å²) in [5.41, 5.74) is -14.9. The van der Waals surface area contributed by atoms with E-state index >= 15 is 0 Å². The molecule has 17 heteroatoms. The number of benzene rings is 2. The van der Waals surface area contributed by atoms with Crippen LogP contribution >= 0.6 is 7.28 Å². The van der Waals surface area contributed by atoms with Gasteiger partial charge in [-0.3, -0.25) is 0 Å². The van der Waals surface area contributed by atoms with Crippen LogP contribution < -0.4 is 40.2 Å². The maximum atomic E-state index is 14.0. The van der Waals surface area contributed by atoms with E-state index in [1.807, 2.05) is 0 Å².